The fraction of sp³-hybridized carbons (Fsp3) is 0.833. The first kappa shape index (κ1) is 19.6. The molecule has 0 atom stereocenters. The summed E-state index contributed by atoms with van der Waals surface area (Å²) in [5.41, 5.74) is 0. The van der Waals surface area contributed by atoms with Crippen LogP contribution in [0.4, 0.5) is 0 Å². The fourth-order valence-electron chi connectivity index (χ4n) is 1.10. The lowest BCUT2D eigenvalue weighted by Crippen LogP contribution is -2.06. The van der Waals surface area contributed by atoms with Crippen molar-refractivity contribution in [1.29, 1.82) is 0 Å². The van der Waals surface area contributed by atoms with Gasteiger partial charge in [0.25, 0.3) is 0 Å². The molecule has 6 nitrogen and oxygen atoms in total. The van der Waals surface area contributed by atoms with Gasteiger partial charge in [0.2, 0.25) is 0 Å². The Morgan fingerprint density at radius 1 is 0.800 bits per heavy atom. The Hall–Kier alpha value is -0.440. The van der Waals surface area contributed by atoms with Gasteiger partial charge in [-0.05, 0) is 26.7 Å². The molecule has 0 saturated carbocycles. The molecule has 20 heavy (non-hydrogen) atoms. The number of hydrogen-bond acceptors (Lipinski definition) is 8. The summed E-state index contributed by atoms with van der Waals surface area (Å²) in [5, 5.41) is 0. The van der Waals surface area contributed by atoms with Crippen molar-refractivity contribution >= 4 is 36.0 Å². The zero-order valence-corrected chi connectivity index (χ0v) is 13.6. The summed E-state index contributed by atoms with van der Waals surface area (Å²) in [7, 11) is 0. The van der Waals surface area contributed by atoms with E-state index in [9.17, 15) is 9.59 Å². The van der Waals surface area contributed by atoms with Crippen molar-refractivity contribution in [1.82, 2.24) is 0 Å². The van der Waals surface area contributed by atoms with Gasteiger partial charge in [-0.2, -0.15) is 0 Å². The summed E-state index contributed by atoms with van der Waals surface area (Å²) >= 11 is 2.21. The molecule has 0 heterocycles. The molecule has 0 bridgehead atoms. The lowest BCUT2D eigenvalue weighted by atomic mass is 10.2. The lowest BCUT2D eigenvalue weighted by Gasteiger charge is -2.05. The molecule has 0 fully saturated rings. The quantitative estimate of drug-likeness (QED) is 0.221. The Labute approximate surface area is 128 Å². The molecule has 0 amide bonds. The molecule has 0 aliphatic heterocycles. The molecule has 118 valence electrons. The summed E-state index contributed by atoms with van der Waals surface area (Å²) in [6.45, 7) is 4.87. The predicted molar refractivity (Wildman–Crippen MR) is 78.8 cm³/mol. The Kier molecular flexibility index (Phi) is 14.6. The fourth-order valence-corrected chi connectivity index (χ4v) is 1.93. The Bertz CT molecular complexity index is 236. The standard InChI is InChI=1S/C12H22O6S2/c1-3-17-19-9-15-11(13)7-5-6-8-12(14)16-10-20-18-4-2/h3-10H2,1-2H3. The molecule has 0 unspecified atom stereocenters. The van der Waals surface area contributed by atoms with Crippen LogP contribution < -0.4 is 0 Å². The van der Waals surface area contributed by atoms with E-state index in [1.165, 1.54) is 0 Å². The topological polar surface area (TPSA) is 71.1 Å². The van der Waals surface area contributed by atoms with E-state index < -0.39 is 0 Å². The van der Waals surface area contributed by atoms with Crippen molar-refractivity contribution in [2.24, 2.45) is 0 Å². The highest BCUT2D eigenvalue weighted by atomic mass is 32.2. The van der Waals surface area contributed by atoms with Gasteiger partial charge in [-0.25, -0.2) is 0 Å². The molecule has 0 aliphatic rings. The van der Waals surface area contributed by atoms with Gasteiger partial charge in [-0.1, -0.05) is 0 Å². The number of ether oxygens (including phenoxy) is 2. The van der Waals surface area contributed by atoms with Crippen molar-refractivity contribution in [3.63, 3.8) is 0 Å². The summed E-state index contributed by atoms with van der Waals surface area (Å²) in [4.78, 5) is 22.5. The number of carbonyl (C=O) groups is 2. The van der Waals surface area contributed by atoms with Crippen molar-refractivity contribution in [2.75, 3.05) is 25.1 Å². The SMILES string of the molecule is CCOSCOC(=O)CCCCC(=O)OCSOCC. The molecule has 0 aromatic heterocycles. The zero-order valence-electron chi connectivity index (χ0n) is 11.9. The number of hydrogen-bond donors (Lipinski definition) is 0. The first-order chi connectivity index (χ1) is 9.70. The van der Waals surface area contributed by atoms with Crippen LogP contribution in [0.2, 0.25) is 0 Å². The minimum absolute atomic E-state index is 0.198. The monoisotopic (exact) mass is 326 g/mol. The van der Waals surface area contributed by atoms with E-state index in [-0.39, 0.29) is 23.8 Å². The summed E-state index contributed by atoms with van der Waals surface area (Å²) in [6.07, 6.45) is 1.80. The van der Waals surface area contributed by atoms with E-state index in [1.807, 2.05) is 13.8 Å². The van der Waals surface area contributed by atoms with Crippen LogP contribution in [0.1, 0.15) is 39.5 Å². The van der Waals surface area contributed by atoms with Crippen LogP contribution in [-0.2, 0) is 27.4 Å². The maximum Gasteiger partial charge on any atom is 0.306 e. The van der Waals surface area contributed by atoms with Gasteiger partial charge >= 0.3 is 11.9 Å². The second kappa shape index (κ2) is 15.0. The molecular formula is C12H22O6S2. The van der Waals surface area contributed by atoms with Gasteiger partial charge in [0, 0.05) is 36.9 Å². The van der Waals surface area contributed by atoms with Gasteiger partial charge in [-0.15, -0.1) is 0 Å². The van der Waals surface area contributed by atoms with E-state index in [2.05, 4.69) is 0 Å². The minimum atomic E-state index is -0.280. The molecule has 0 N–H and O–H groups in total. The number of unbranched alkanes of at least 4 members (excludes halogenated alkanes) is 1. The third kappa shape index (κ3) is 14.0. The Morgan fingerprint density at radius 2 is 1.20 bits per heavy atom. The van der Waals surface area contributed by atoms with Crippen LogP contribution in [0.25, 0.3) is 0 Å². The van der Waals surface area contributed by atoms with Crippen molar-refractivity contribution < 1.29 is 27.4 Å². The average molecular weight is 326 g/mol. The van der Waals surface area contributed by atoms with E-state index in [0.29, 0.717) is 38.9 Å². The molecule has 0 radical (unpaired) electrons. The molecule has 0 rings (SSSR count). The molecule has 0 spiro atoms. The van der Waals surface area contributed by atoms with Crippen molar-refractivity contribution in [3.8, 4) is 0 Å². The highest BCUT2D eigenvalue weighted by Crippen LogP contribution is 2.08. The van der Waals surface area contributed by atoms with Crippen LogP contribution in [0.5, 0.6) is 0 Å². The average Bonchev–Trinajstić information content (AvgIpc) is 2.44. The van der Waals surface area contributed by atoms with E-state index >= 15 is 0 Å². The summed E-state index contributed by atoms with van der Waals surface area (Å²) < 4.78 is 19.7. The van der Waals surface area contributed by atoms with Gasteiger partial charge < -0.3 is 17.8 Å². The van der Waals surface area contributed by atoms with Crippen molar-refractivity contribution in [3.05, 3.63) is 0 Å². The largest absolute Gasteiger partial charge is 0.452 e. The van der Waals surface area contributed by atoms with E-state index in [4.69, 9.17) is 17.8 Å². The smallest absolute Gasteiger partial charge is 0.306 e. The third-order valence-corrected chi connectivity index (χ3v) is 3.18. The molecular weight excluding hydrogens is 304 g/mol. The van der Waals surface area contributed by atoms with Gasteiger partial charge in [-0.3, -0.25) is 9.59 Å². The molecule has 0 aromatic rings. The van der Waals surface area contributed by atoms with Gasteiger partial charge in [0.1, 0.15) is 0 Å². The Balaban J connectivity index is 3.32. The predicted octanol–water partition coefficient (Wildman–Crippen LogP) is 2.92. The number of rotatable bonds is 13. The second-order valence-electron chi connectivity index (χ2n) is 3.52. The van der Waals surface area contributed by atoms with Crippen LogP contribution >= 0.6 is 24.1 Å². The third-order valence-electron chi connectivity index (χ3n) is 1.95. The summed E-state index contributed by atoms with van der Waals surface area (Å²) in [6, 6.07) is 0. The Morgan fingerprint density at radius 3 is 1.55 bits per heavy atom. The van der Waals surface area contributed by atoms with Gasteiger partial charge in [0.05, 0.1) is 13.2 Å². The first-order valence-corrected chi connectivity index (χ1v) is 8.32. The lowest BCUT2D eigenvalue weighted by molar-refractivity contribution is -0.143. The normalized spacial score (nSPS) is 10.3. The highest BCUT2D eigenvalue weighted by molar-refractivity contribution is 7.94. The number of carbonyl (C=O) groups excluding carboxylic acids is 2. The maximum atomic E-state index is 11.3. The van der Waals surface area contributed by atoms with E-state index in [0.717, 1.165) is 24.1 Å². The molecule has 0 aromatic carbocycles. The minimum Gasteiger partial charge on any atom is -0.452 e. The summed E-state index contributed by atoms with van der Waals surface area (Å²) in [5.74, 6) is -0.165. The van der Waals surface area contributed by atoms with Crippen LogP contribution in [-0.4, -0.2) is 37.0 Å². The van der Waals surface area contributed by atoms with Crippen LogP contribution in [0.3, 0.4) is 0 Å². The van der Waals surface area contributed by atoms with Crippen LogP contribution in [0, 0.1) is 0 Å². The zero-order chi connectivity index (χ0) is 15.1. The van der Waals surface area contributed by atoms with Crippen molar-refractivity contribution in [2.45, 2.75) is 39.5 Å². The molecule has 0 aliphatic carbocycles. The number of esters is 2. The maximum absolute atomic E-state index is 11.3. The van der Waals surface area contributed by atoms with Crippen LogP contribution in [0.15, 0.2) is 0 Å². The molecule has 8 heteroatoms. The highest BCUT2D eigenvalue weighted by Gasteiger charge is 2.06. The molecule has 0 saturated heterocycles. The van der Waals surface area contributed by atoms with Gasteiger partial charge in [0.15, 0.2) is 11.9 Å². The first-order valence-electron chi connectivity index (χ1n) is 6.50. The van der Waals surface area contributed by atoms with E-state index in [1.54, 1.807) is 0 Å². The second-order valence-corrected chi connectivity index (χ2v) is 4.94.